The first-order valence-corrected chi connectivity index (χ1v) is 7.62. The first kappa shape index (κ1) is 16.7. The lowest BCUT2D eigenvalue weighted by atomic mass is 9.89. The minimum atomic E-state index is -0.490. The average Bonchev–Trinajstić information content (AvgIpc) is 2.57. The van der Waals surface area contributed by atoms with Crippen molar-refractivity contribution in [1.82, 2.24) is 0 Å². The van der Waals surface area contributed by atoms with Crippen molar-refractivity contribution in [3.8, 4) is 5.75 Å². The molecule has 0 radical (unpaired) electrons. The van der Waals surface area contributed by atoms with Gasteiger partial charge in [0.15, 0.2) is 5.75 Å². The van der Waals surface area contributed by atoms with Gasteiger partial charge >= 0.3 is 5.97 Å². The Morgan fingerprint density at radius 2 is 1.61 bits per heavy atom. The van der Waals surface area contributed by atoms with Crippen LogP contribution in [-0.2, 0) is 4.79 Å². The van der Waals surface area contributed by atoms with Gasteiger partial charge in [0.2, 0.25) is 5.91 Å². The molecular formula is C19H21NO3. The largest absolute Gasteiger partial charge is 0.421 e. The number of carbonyl (C=O) groups is 2. The molecule has 4 heteroatoms. The van der Waals surface area contributed by atoms with Crippen molar-refractivity contribution in [2.45, 2.75) is 27.2 Å². The molecule has 120 valence electrons. The van der Waals surface area contributed by atoms with E-state index in [1.165, 1.54) is 0 Å². The number of hydrogen-bond donors (Lipinski definition) is 1. The zero-order valence-corrected chi connectivity index (χ0v) is 13.6. The van der Waals surface area contributed by atoms with Crippen molar-refractivity contribution < 1.29 is 14.3 Å². The number of carbonyl (C=O) groups excluding carboxylic acids is 2. The quantitative estimate of drug-likeness (QED) is 0.662. The molecule has 0 saturated heterocycles. The highest BCUT2D eigenvalue weighted by Crippen LogP contribution is 2.28. The topological polar surface area (TPSA) is 55.4 Å². The Morgan fingerprint density at radius 3 is 2.26 bits per heavy atom. The van der Waals surface area contributed by atoms with Gasteiger partial charge in [-0.3, -0.25) is 4.79 Å². The molecule has 1 N–H and O–H groups in total. The second kappa shape index (κ2) is 7.09. The maximum absolute atomic E-state index is 12.3. The molecule has 0 saturated carbocycles. The smallest absolute Gasteiger partial charge is 0.343 e. The summed E-state index contributed by atoms with van der Waals surface area (Å²) in [4.78, 5) is 24.5. The minimum absolute atomic E-state index is 0.108. The van der Waals surface area contributed by atoms with E-state index >= 15 is 0 Å². The second-order valence-electron chi connectivity index (χ2n) is 5.94. The molecule has 4 nitrogen and oxygen atoms in total. The van der Waals surface area contributed by atoms with Gasteiger partial charge in [0.05, 0.1) is 11.3 Å². The van der Waals surface area contributed by atoms with Crippen molar-refractivity contribution in [1.29, 1.82) is 0 Å². The van der Waals surface area contributed by atoms with Crippen molar-refractivity contribution in [3.63, 3.8) is 0 Å². The summed E-state index contributed by atoms with van der Waals surface area (Å²) in [6.07, 6.45) is 0.713. The number of rotatable bonds is 5. The summed E-state index contributed by atoms with van der Waals surface area (Å²) in [5, 5.41) is 2.84. The molecule has 2 aromatic rings. The van der Waals surface area contributed by atoms with Gasteiger partial charge in [-0.25, -0.2) is 4.79 Å². The second-order valence-corrected chi connectivity index (χ2v) is 5.94. The Morgan fingerprint density at radius 1 is 1.00 bits per heavy atom. The lowest BCUT2D eigenvalue weighted by molar-refractivity contribution is -0.124. The number of nitrogens with one attached hydrogen (secondary N) is 1. The summed E-state index contributed by atoms with van der Waals surface area (Å²) in [7, 11) is 0. The standard InChI is InChI=1S/C19H21NO3/c1-4-19(2,3)18(22)20-15-12-8-9-13-16(15)23-17(21)14-10-6-5-7-11-14/h5-13H,4H2,1-3H3,(H,20,22). The van der Waals surface area contributed by atoms with E-state index in [-0.39, 0.29) is 5.91 Å². The molecule has 0 atom stereocenters. The van der Waals surface area contributed by atoms with Crippen molar-refractivity contribution in [3.05, 3.63) is 60.2 Å². The monoisotopic (exact) mass is 311 g/mol. The van der Waals surface area contributed by atoms with Crippen LogP contribution in [-0.4, -0.2) is 11.9 Å². The number of hydrogen-bond acceptors (Lipinski definition) is 3. The normalized spacial score (nSPS) is 10.9. The molecule has 2 rings (SSSR count). The SMILES string of the molecule is CCC(C)(C)C(=O)Nc1ccccc1OC(=O)c1ccccc1. The molecule has 2 aromatic carbocycles. The highest BCUT2D eigenvalue weighted by molar-refractivity contribution is 5.97. The van der Waals surface area contributed by atoms with E-state index in [2.05, 4.69) is 5.32 Å². The van der Waals surface area contributed by atoms with Crippen LogP contribution in [0.2, 0.25) is 0 Å². The van der Waals surface area contributed by atoms with Gasteiger partial charge in [-0.15, -0.1) is 0 Å². The first-order valence-electron chi connectivity index (χ1n) is 7.62. The Labute approximate surface area is 136 Å². The number of esters is 1. The molecule has 0 bridgehead atoms. The molecule has 1 amide bonds. The molecule has 0 aliphatic carbocycles. The molecule has 0 aliphatic rings. The van der Waals surface area contributed by atoms with Crippen LogP contribution in [0.3, 0.4) is 0 Å². The van der Waals surface area contributed by atoms with Gasteiger partial charge in [-0.1, -0.05) is 51.1 Å². The molecule has 0 aliphatic heterocycles. The Balaban J connectivity index is 2.18. The molecule has 23 heavy (non-hydrogen) atoms. The van der Waals surface area contributed by atoms with Crippen LogP contribution in [0.25, 0.3) is 0 Å². The molecular weight excluding hydrogens is 290 g/mol. The highest BCUT2D eigenvalue weighted by Gasteiger charge is 2.26. The van der Waals surface area contributed by atoms with Gasteiger partial charge in [0, 0.05) is 5.41 Å². The number of anilines is 1. The minimum Gasteiger partial charge on any atom is -0.421 e. The third-order valence-electron chi connectivity index (χ3n) is 3.85. The Bertz CT molecular complexity index is 693. The third-order valence-corrected chi connectivity index (χ3v) is 3.85. The lowest BCUT2D eigenvalue weighted by Crippen LogP contribution is -2.30. The molecule has 0 fully saturated rings. The van der Waals surface area contributed by atoms with E-state index in [0.717, 1.165) is 0 Å². The zero-order valence-electron chi connectivity index (χ0n) is 13.6. The van der Waals surface area contributed by atoms with Gasteiger partial charge in [0.25, 0.3) is 0 Å². The van der Waals surface area contributed by atoms with Crippen molar-refractivity contribution >= 4 is 17.6 Å². The summed E-state index contributed by atoms with van der Waals surface area (Å²) in [6, 6.07) is 15.7. The fraction of sp³-hybridized carbons (Fsp3) is 0.263. The summed E-state index contributed by atoms with van der Waals surface area (Å²) in [5.74, 6) is -0.230. The van der Waals surface area contributed by atoms with E-state index in [4.69, 9.17) is 4.74 Å². The third kappa shape index (κ3) is 4.19. The number of amides is 1. The molecule has 0 unspecified atom stereocenters. The van der Waals surface area contributed by atoms with E-state index in [1.807, 2.05) is 26.8 Å². The van der Waals surface area contributed by atoms with E-state index in [9.17, 15) is 9.59 Å². The number of para-hydroxylation sites is 2. The lowest BCUT2D eigenvalue weighted by Gasteiger charge is -2.22. The van der Waals surface area contributed by atoms with Crippen LogP contribution in [0.4, 0.5) is 5.69 Å². The van der Waals surface area contributed by atoms with E-state index in [0.29, 0.717) is 23.4 Å². The fourth-order valence-electron chi connectivity index (χ4n) is 1.84. The van der Waals surface area contributed by atoms with Gasteiger partial charge in [-0.05, 0) is 30.7 Å². The average molecular weight is 311 g/mol. The molecule has 0 spiro atoms. The van der Waals surface area contributed by atoms with Crippen LogP contribution in [0, 0.1) is 5.41 Å². The summed E-state index contributed by atoms with van der Waals surface area (Å²) < 4.78 is 5.43. The van der Waals surface area contributed by atoms with Crippen LogP contribution < -0.4 is 10.1 Å². The Hall–Kier alpha value is -2.62. The summed E-state index contributed by atoms with van der Waals surface area (Å²) >= 11 is 0. The van der Waals surface area contributed by atoms with E-state index < -0.39 is 11.4 Å². The highest BCUT2D eigenvalue weighted by atomic mass is 16.5. The number of benzene rings is 2. The van der Waals surface area contributed by atoms with Crippen LogP contribution in [0.15, 0.2) is 54.6 Å². The first-order chi connectivity index (χ1) is 10.9. The van der Waals surface area contributed by atoms with Crippen molar-refractivity contribution in [2.75, 3.05) is 5.32 Å². The van der Waals surface area contributed by atoms with Gasteiger partial charge in [0.1, 0.15) is 0 Å². The fourth-order valence-corrected chi connectivity index (χ4v) is 1.84. The number of ether oxygens (including phenoxy) is 1. The Kier molecular flexibility index (Phi) is 5.16. The van der Waals surface area contributed by atoms with Crippen molar-refractivity contribution in [2.24, 2.45) is 5.41 Å². The van der Waals surface area contributed by atoms with Crippen LogP contribution in [0.5, 0.6) is 5.75 Å². The predicted molar refractivity (Wildman–Crippen MR) is 90.5 cm³/mol. The molecule has 0 aromatic heterocycles. The van der Waals surface area contributed by atoms with Gasteiger partial charge in [-0.2, -0.15) is 0 Å². The molecule has 0 heterocycles. The maximum atomic E-state index is 12.3. The van der Waals surface area contributed by atoms with Crippen LogP contribution in [0.1, 0.15) is 37.6 Å². The predicted octanol–water partition coefficient (Wildman–Crippen LogP) is 4.28. The summed E-state index contributed by atoms with van der Waals surface area (Å²) in [5.41, 5.74) is 0.460. The van der Waals surface area contributed by atoms with E-state index in [1.54, 1.807) is 48.5 Å². The van der Waals surface area contributed by atoms with Gasteiger partial charge < -0.3 is 10.1 Å². The van der Waals surface area contributed by atoms with Crippen LogP contribution >= 0.6 is 0 Å². The zero-order chi connectivity index (χ0) is 16.9. The maximum Gasteiger partial charge on any atom is 0.343 e. The summed E-state index contributed by atoms with van der Waals surface area (Å²) in [6.45, 7) is 5.71.